The molecule has 1 aromatic rings. The summed E-state index contributed by atoms with van der Waals surface area (Å²) in [6.45, 7) is 7.31. The number of piperazine rings is 1. The van der Waals surface area contributed by atoms with E-state index in [9.17, 15) is 5.26 Å². The lowest BCUT2D eigenvalue weighted by Crippen LogP contribution is -2.50. The average Bonchev–Trinajstić information content (AvgIpc) is 2.67. The first-order chi connectivity index (χ1) is 11.8. The summed E-state index contributed by atoms with van der Waals surface area (Å²) < 4.78 is 5.77. The number of nitriles is 1. The molecule has 1 aliphatic carbocycles. The van der Waals surface area contributed by atoms with Crippen molar-refractivity contribution in [3.05, 3.63) is 29.8 Å². The lowest BCUT2D eigenvalue weighted by atomic mass is 9.69. The normalized spacial score (nSPS) is 26.1. The van der Waals surface area contributed by atoms with Crippen LogP contribution in [0.15, 0.2) is 24.3 Å². The molecule has 0 amide bonds. The van der Waals surface area contributed by atoms with E-state index in [-0.39, 0.29) is 30.2 Å². The molecule has 0 atom stereocenters. The molecule has 1 aromatic carbocycles. The van der Waals surface area contributed by atoms with E-state index in [0.717, 1.165) is 76.2 Å². The Morgan fingerprint density at radius 3 is 2.54 bits per heavy atom. The fourth-order valence-electron chi connectivity index (χ4n) is 4.08. The lowest BCUT2D eigenvalue weighted by molar-refractivity contribution is 0.122. The molecule has 2 aliphatic rings. The van der Waals surface area contributed by atoms with Crippen molar-refractivity contribution >= 4 is 24.8 Å². The van der Waals surface area contributed by atoms with Gasteiger partial charge in [0.05, 0.1) is 18.1 Å². The maximum atomic E-state index is 9.94. The van der Waals surface area contributed by atoms with Gasteiger partial charge >= 0.3 is 0 Å². The zero-order valence-corrected chi connectivity index (χ0v) is 17.2. The summed E-state index contributed by atoms with van der Waals surface area (Å²) in [7, 11) is 0. The van der Waals surface area contributed by atoms with Crippen molar-refractivity contribution < 1.29 is 4.74 Å². The summed E-state index contributed by atoms with van der Waals surface area (Å²) in [4.78, 5) is 2.61. The number of nitrogens with zero attached hydrogens (tertiary/aromatic N) is 2. The Labute approximate surface area is 170 Å². The summed E-state index contributed by atoms with van der Waals surface area (Å²) in [6.07, 6.45) is 5.14. The van der Waals surface area contributed by atoms with Crippen LogP contribution >= 0.6 is 24.8 Å². The van der Waals surface area contributed by atoms with E-state index in [1.54, 1.807) is 0 Å². The molecule has 1 N–H and O–H groups in total. The third kappa shape index (κ3) is 5.27. The van der Waals surface area contributed by atoms with Gasteiger partial charge in [-0.05, 0) is 49.8 Å². The molecule has 6 heteroatoms. The predicted molar refractivity (Wildman–Crippen MR) is 111 cm³/mol. The van der Waals surface area contributed by atoms with E-state index in [4.69, 9.17) is 4.74 Å². The molecule has 0 aromatic heterocycles. The lowest BCUT2D eigenvalue weighted by Gasteiger charge is -2.42. The van der Waals surface area contributed by atoms with Crippen molar-refractivity contribution in [2.45, 2.75) is 50.5 Å². The van der Waals surface area contributed by atoms with Gasteiger partial charge < -0.3 is 10.1 Å². The number of halogens is 2. The maximum absolute atomic E-state index is 9.94. The van der Waals surface area contributed by atoms with Crippen LogP contribution in [0.4, 0.5) is 0 Å². The zero-order valence-electron chi connectivity index (χ0n) is 15.6. The SMILES string of the molecule is CCCOc1cccc([C@]2(C#N)CC[C@H](N3CCNCC3)CC2)c1.Cl.Cl. The van der Waals surface area contributed by atoms with Crippen LogP contribution in [-0.2, 0) is 5.41 Å². The first-order valence-corrected chi connectivity index (χ1v) is 9.37. The summed E-state index contributed by atoms with van der Waals surface area (Å²) in [5.74, 6) is 0.896. The van der Waals surface area contributed by atoms with Gasteiger partial charge in [-0.2, -0.15) is 5.26 Å². The van der Waals surface area contributed by atoms with E-state index < -0.39 is 0 Å². The van der Waals surface area contributed by atoms with Gasteiger partial charge in [-0.1, -0.05) is 19.1 Å². The molecule has 0 radical (unpaired) electrons. The quantitative estimate of drug-likeness (QED) is 0.814. The number of benzene rings is 1. The molecule has 26 heavy (non-hydrogen) atoms. The van der Waals surface area contributed by atoms with Crippen LogP contribution in [0.5, 0.6) is 5.75 Å². The first-order valence-electron chi connectivity index (χ1n) is 9.37. The minimum atomic E-state index is -0.337. The van der Waals surface area contributed by atoms with Crippen LogP contribution in [0.3, 0.4) is 0 Å². The van der Waals surface area contributed by atoms with Gasteiger partial charge in [0.1, 0.15) is 5.75 Å². The maximum Gasteiger partial charge on any atom is 0.119 e. The monoisotopic (exact) mass is 399 g/mol. The van der Waals surface area contributed by atoms with Gasteiger partial charge in [0, 0.05) is 32.2 Å². The van der Waals surface area contributed by atoms with Gasteiger partial charge in [0.25, 0.3) is 0 Å². The summed E-state index contributed by atoms with van der Waals surface area (Å²) >= 11 is 0. The van der Waals surface area contributed by atoms with E-state index in [1.807, 2.05) is 12.1 Å². The second-order valence-corrected chi connectivity index (χ2v) is 7.09. The van der Waals surface area contributed by atoms with E-state index in [1.165, 1.54) is 0 Å². The van der Waals surface area contributed by atoms with Gasteiger partial charge in [0.2, 0.25) is 0 Å². The van der Waals surface area contributed by atoms with Crippen LogP contribution in [-0.4, -0.2) is 43.7 Å². The van der Waals surface area contributed by atoms with Crippen molar-refractivity contribution in [2.24, 2.45) is 0 Å². The van der Waals surface area contributed by atoms with Crippen molar-refractivity contribution in [3.8, 4) is 11.8 Å². The fourth-order valence-corrected chi connectivity index (χ4v) is 4.08. The van der Waals surface area contributed by atoms with Crippen LogP contribution in [0, 0.1) is 11.3 Å². The molecule has 146 valence electrons. The molecule has 0 spiro atoms. The molecule has 1 saturated carbocycles. The molecule has 0 unspecified atom stereocenters. The highest BCUT2D eigenvalue weighted by Crippen LogP contribution is 2.41. The molecule has 2 fully saturated rings. The summed E-state index contributed by atoms with van der Waals surface area (Å²) in [5.41, 5.74) is 0.799. The number of hydrogen-bond acceptors (Lipinski definition) is 4. The van der Waals surface area contributed by atoms with Crippen molar-refractivity contribution in [1.29, 1.82) is 5.26 Å². The Morgan fingerprint density at radius 1 is 1.23 bits per heavy atom. The average molecular weight is 400 g/mol. The zero-order chi connectivity index (χ0) is 16.8. The van der Waals surface area contributed by atoms with Gasteiger partial charge in [-0.15, -0.1) is 24.8 Å². The molecule has 1 aliphatic heterocycles. The molecule has 0 bridgehead atoms. The predicted octanol–water partition coefficient (Wildman–Crippen LogP) is 3.93. The van der Waals surface area contributed by atoms with Crippen molar-refractivity contribution in [2.75, 3.05) is 32.8 Å². The molecular weight excluding hydrogens is 369 g/mol. The van der Waals surface area contributed by atoms with E-state index in [2.05, 4.69) is 35.3 Å². The van der Waals surface area contributed by atoms with Crippen LogP contribution < -0.4 is 10.1 Å². The largest absolute Gasteiger partial charge is 0.494 e. The Balaban J connectivity index is 0.00000169. The van der Waals surface area contributed by atoms with Gasteiger partial charge in [-0.25, -0.2) is 0 Å². The third-order valence-electron chi connectivity index (χ3n) is 5.55. The standard InChI is InChI=1S/C20H29N3O.2ClH/c1-2-14-24-19-5-3-4-17(15-19)20(16-21)8-6-18(7-9-20)23-12-10-22-11-13-23;;/h3-5,15,18,22H,2,6-14H2,1H3;2*1H/t18-,20+;;. The molecular formula is C20H31Cl2N3O. The molecule has 1 heterocycles. The number of hydrogen-bond donors (Lipinski definition) is 1. The Morgan fingerprint density at radius 2 is 1.92 bits per heavy atom. The van der Waals surface area contributed by atoms with Gasteiger partial charge in [0.15, 0.2) is 0 Å². The number of ether oxygens (including phenoxy) is 1. The van der Waals surface area contributed by atoms with Crippen molar-refractivity contribution in [1.82, 2.24) is 10.2 Å². The highest BCUT2D eigenvalue weighted by molar-refractivity contribution is 5.85. The molecule has 1 saturated heterocycles. The minimum absolute atomic E-state index is 0. The second-order valence-electron chi connectivity index (χ2n) is 7.09. The highest BCUT2D eigenvalue weighted by atomic mass is 35.5. The summed E-state index contributed by atoms with van der Waals surface area (Å²) in [5, 5.41) is 13.4. The first kappa shape index (κ1) is 23.0. The highest BCUT2D eigenvalue weighted by Gasteiger charge is 2.39. The van der Waals surface area contributed by atoms with E-state index >= 15 is 0 Å². The van der Waals surface area contributed by atoms with Crippen molar-refractivity contribution in [3.63, 3.8) is 0 Å². The van der Waals surface area contributed by atoms with Crippen LogP contribution in [0.25, 0.3) is 0 Å². The Hall–Kier alpha value is -0.990. The van der Waals surface area contributed by atoms with Gasteiger partial charge in [-0.3, -0.25) is 4.90 Å². The molecule has 4 nitrogen and oxygen atoms in total. The Kier molecular flexibility index (Phi) is 9.74. The number of rotatable bonds is 5. The van der Waals surface area contributed by atoms with Crippen LogP contribution in [0.2, 0.25) is 0 Å². The third-order valence-corrected chi connectivity index (χ3v) is 5.55. The topological polar surface area (TPSA) is 48.3 Å². The molecule has 3 rings (SSSR count). The van der Waals surface area contributed by atoms with E-state index in [0.29, 0.717) is 6.04 Å². The second kappa shape index (κ2) is 11.0. The smallest absolute Gasteiger partial charge is 0.119 e. The number of nitrogens with one attached hydrogen (secondary N) is 1. The summed E-state index contributed by atoms with van der Waals surface area (Å²) in [6, 6.07) is 11.5. The minimum Gasteiger partial charge on any atom is -0.494 e. The fraction of sp³-hybridized carbons (Fsp3) is 0.650. The Bertz CT molecular complexity index is 577. The van der Waals surface area contributed by atoms with Crippen LogP contribution in [0.1, 0.15) is 44.6 Å².